The highest BCUT2D eigenvalue weighted by Gasteiger charge is 2.06. The second kappa shape index (κ2) is 4.76. The predicted molar refractivity (Wildman–Crippen MR) is 71.5 cm³/mol. The quantitative estimate of drug-likeness (QED) is 0.868. The highest BCUT2D eigenvalue weighted by atomic mass is 35.5. The Labute approximate surface area is 106 Å². The van der Waals surface area contributed by atoms with Crippen LogP contribution in [-0.4, -0.2) is 13.0 Å². The van der Waals surface area contributed by atoms with Crippen LogP contribution in [0.15, 0.2) is 30.3 Å². The molecule has 0 radical (unpaired) electrons. The second-order valence-corrected chi connectivity index (χ2v) is 4.56. The van der Waals surface area contributed by atoms with E-state index < -0.39 is 0 Å². The zero-order valence-electron chi connectivity index (χ0n) is 9.88. The van der Waals surface area contributed by atoms with Crippen LogP contribution in [0.3, 0.4) is 0 Å². The van der Waals surface area contributed by atoms with Gasteiger partial charge in [0.15, 0.2) is 0 Å². The van der Waals surface area contributed by atoms with Crippen molar-refractivity contribution in [1.29, 1.82) is 0 Å². The first-order valence-electron chi connectivity index (χ1n) is 5.49. The summed E-state index contributed by atoms with van der Waals surface area (Å²) >= 11 is 5.96. The van der Waals surface area contributed by atoms with Gasteiger partial charge in [0, 0.05) is 12.1 Å². The van der Waals surface area contributed by atoms with Crippen LogP contribution >= 0.6 is 11.6 Å². The minimum Gasteiger partial charge on any atom is -0.359 e. The molecule has 0 saturated carbocycles. The van der Waals surface area contributed by atoms with Gasteiger partial charge in [0.2, 0.25) is 5.91 Å². The van der Waals surface area contributed by atoms with Crippen molar-refractivity contribution in [2.45, 2.75) is 13.3 Å². The third-order valence-corrected chi connectivity index (χ3v) is 3.12. The van der Waals surface area contributed by atoms with E-state index in [0.717, 1.165) is 21.9 Å². The van der Waals surface area contributed by atoms with Crippen LogP contribution in [-0.2, 0) is 11.2 Å². The van der Waals surface area contributed by atoms with E-state index in [9.17, 15) is 4.79 Å². The number of fused-ring (bicyclic) bond motifs is 1. The minimum absolute atomic E-state index is 0.0227. The number of benzene rings is 2. The molecule has 2 rings (SSSR count). The first-order valence-corrected chi connectivity index (χ1v) is 5.87. The Hall–Kier alpha value is -1.54. The molecule has 88 valence electrons. The zero-order chi connectivity index (χ0) is 12.4. The molecule has 3 heteroatoms. The number of hydrogen-bond acceptors (Lipinski definition) is 1. The van der Waals surface area contributed by atoms with Gasteiger partial charge in [-0.2, -0.15) is 0 Å². The lowest BCUT2D eigenvalue weighted by Crippen LogP contribution is -2.20. The molecule has 2 nitrogen and oxygen atoms in total. The maximum Gasteiger partial charge on any atom is 0.224 e. The summed E-state index contributed by atoms with van der Waals surface area (Å²) in [4.78, 5) is 11.4. The average Bonchev–Trinajstić information content (AvgIpc) is 2.30. The van der Waals surface area contributed by atoms with E-state index in [-0.39, 0.29) is 5.91 Å². The Bertz CT molecular complexity index is 578. The van der Waals surface area contributed by atoms with E-state index in [0.29, 0.717) is 11.4 Å². The third-order valence-electron chi connectivity index (χ3n) is 2.89. The van der Waals surface area contributed by atoms with Crippen LogP contribution in [0.1, 0.15) is 11.1 Å². The van der Waals surface area contributed by atoms with Crippen LogP contribution in [0, 0.1) is 6.92 Å². The van der Waals surface area contributed by atoms with Crippen LogP contribution in [0.25, 0.3) is 10.8 Å². The smallest absolute Gasteiger partial charge is 0.224 e. The summed E-state index contributed by atoms with van der Waals surface area (Å²) in [5, 5.41) is 5.57. The molecule has 1 amide bonds. The summed E-state index contributed by atoms with van der Waals surface area (Å²) in [5.74, 6) is 0.0227. The van der Waals surface area contributed by atoms with Crippen LogP contribution in [0.5, 0.6) is 0 Å². The summed E-state index contributed by atoms with van der Waals surface area (Å²) in [6.45, 7) is 2.02. The summed E-state index contributed by atoms with van der Waals surface area (Å²) in [6.07, 6.45) is 0.408. The van der Waals surface area contributed by atoms with Crippen molar-refractivity contribution in [3.8, 4) is 0 Å². The lowest BCUT2D eigenvalue weighted by atomic mass is 9.99. The van der Waals surface area contributed by atoms with Gasteiger partial charge >= 0.3 is 0 Å². The van der Waals surface area contributed by atoms with Crippen molar-refractivity contribution < 1.29 is 4.79 Å². The SMILES string of the molecule is CNC(=O)Cc1cc2cc(Cl)ccc2cc1C. The van der Waals surface area contributed by atoms with Crippen molar-refractivity contribution in [1.82, 2.24) is 5.32 Å². The largest absolute Gasteiger partial charge is 0.359 e. The fraction of sp³-hybridized carbons (Fsp3) is 0.214. The van der Waals surface area contributed by atoms with Gasteiger partial charge in [-0.15, -0.1) is 0 Å². The van der Waals surface area contributed by atoms with Gasteiger partial charge in [-0.25, -0.2) is 0 Å². The first-order chi connectivity index (χ1) is 8.10. The van der Waals surface area contributed by atoms with Crippen molar-refractivity contribution in [2.75, 3.05) is 7.05 Å². The number of aryl methyl sites for hydroxylation is 1. The van der Waals surface area contributed by atoms with E-state index in [1.54, 1.807) is 7.05 Å². The Morgan fingerprint density at radius 3 is 2.71 bits per heavy atom. The Morgan fingerprint density at radius 2 is 2.00 bits per heavy atom. The highest BCUT2D eigenvalue weighted by Crippen LogP contribution is 2.23. The Kier molecular flexibility index (Phi) is 3.34. The van der Waals surface area contributed by atoms with Gasteiger partial charge in [0.05, 0.1) is 6.42 Å². The molecule has 0 bridgehead atoms. The number of nitrogens with one attached hydrogen (secondary N) is 1. The second-order valence-electron chi connectivity index (χ2n) is 4.12. The summed E-state index contributed by atoms with van der Waals surface area (Å²) in [6, 6.07) is 9.91. The van der Waals surface area contributed by atoms with Crippen LogP contribution < -0.4 is 5.32 Å². The molecular formula is C14H14ClNO. The number of likely N-dealkylation sites (N-methyl/N-ethyl adjacent to an activating group) is 1. The monoisotopic (exact) mass is 247 g/mol. The predicted octanol–water partition coefficient (Wildman–Crippen LogP) is 3.09. The summed E-state index contributed by atoms with van der Waals surface area (Å²) in [7, 11) is 1.65. The van der Waals surface area contributed by atoms with E-state index in [4.69, 9.17) is 11.6 Å². The van der Waals surface area contributed by atoms with Gasteiger partial charge in [-0.1, -0.05) is 29.8 Å². The van der Waals surface area contributed by atoms with E-state index in [1.165, 1.54) is 0 Å². The number of amides is 1. The lowest BCUT2D eigenvalue weighted by Gasteiger charge is -2.08. The van der Waals surface area contributed by atoms with E-state index in [2.05, 4.69) is 11.4 Å². The van der Waals surface area contributed by atoms with E-state index >= 15 is 0 Å². The van der Waals surface area contributed by atoms with Gasteiger partial charge in [-0.05, 0) is 41.0 Å². The molecule has 2 aromatic rings. The van der Waals surface area contributed by atoms with Gasteiger partial charge in [0.1, 0.15) is 0 Å². The fourth-order valence-electron chi connectivity index (χ4n) is 1.88. The molecule has 0 spiro atoms. The van der Waals surface area contributed by atoms with Crippen molar-refractivity contribution in [3.05, 3.63) is 46.5 Å². The van der Waals surface area contributed by atoms with Crippen molar-refractivity contribution in [2.24, 2.45) is 0 Å². The molecular weight excluding hydrogens is 234 g/mol. The van der Waals surface area contributed by atoms with Gasteiger partial charge in [0.25, 0.3) is 0 Å². The summed E-state index contributed by atoms with van der Waals surface area (Å²) < 4.78 is 0. The first kappa shape index (κ1) is 11.9. The van der Waals surface area contributed by atoms with Crippen molar-refractivity contribution >= 4 is 28.3 Å². The van der Waals surface area contributed by atoms with Gasteiger partial charge in [-0.3, -0.25) is 4.79 Å². The molecule has 0 aromatic heterocycles. The summed E-state index contributed by atoms with van der Waals surface area (Å²) in [5.41, 5.74) is 2.17. The topological polar surface area (TPSA) is 29.1 Å². The van der Waals surface area contributed by atoms with Crippen molar-refractivity contribution in [3.63, 3.8) is 0 Å². The van der Waals surface area contributed by atoms with Gasteiger partial charge < -0.3 is 5.32 Å². The third kappa shape index (κ3) is 2.59. The molecule has 0 heterocycles. The average molecular weight is 248 g/mol. The molecule has 0 aliphatic rings. The molecule has 0 unspecified atom stereocenters. The minimum atomic E-state index is 0.0227. The lowest BCUT2D eigenvalue weighted by molar-refractivity contribution is -0.119. The van der Waals surface area contributed by atoms with Crippen LogP contribution in [0.4, 0.5) is 0 Å². The molecule has 0 aliphatic heterocycles. The number of hydrogen-bond donors (Lipinski definition) is 1. The molecule has 0 atom stereocenters. The van der Waals surface area contributed by atoms with Crippen LogP contribution in [0.2, 0.25) is 5.02 Å². The van der Waals surface area contributed by atoms with E-state index in [1.807, 2.05) is 31.2 Å². The molecule has 0 saturated heterocycles. The number of halogens is 1. The normalized spacial score (nSPS) is 10.5. The molecule has 2 aromatic carbocycles. The fourth-order valence-corrected chi connectivity index (χ4v) is 2.06. The molecule has 0 aliphatic carbocycles. The zero-order valence-corrected chi connectivity index (χ0v) is 10.6. The maximum absolute atomic E-state index is 11.4. The standard InChI is InChI=1S/C14H14ClNO/c1-9-5-10-3-4-13(15)7-12(10)6-11(9)8-14(17)16-2/h3-7H,8H2,1-2H3,(H,16,17). The Balaban J connectivity index is 2.49. The number of rotatable bonds is 2. The maximum atomic E-state index is 11.4. The molecule has 0 fully saturated rings. The number of carbonyl (C=O) groups excluding carboxylic acids is 1. The molecule has 17 heavy (non-hydrogen) atoms. The highest BCUT2D eigenvalue weighted by molar-refractivity contribution is 6.31. The molecule has 1 N–H and O–H groups in total. The number of carbonyl (C=O) groups is 1. The Morgan fingerprint density at radius 1 is 1.24 bits per heavy atom.